The summed E-state index contributed by atoms with van der Waals surface area (Å²) in [4.78, 5) is 11.5. The standard InChI is InChI=1S/C14H22N2O3/c1-2-18-12-7-3-4-8-13(12)19-11-14(17)16-10-6-5-9-15/h3-4,7-8H,2,5-6,9-11,15H2,1H3,(H,16,17). The maximum Gasteiger partial charge on any atom is 0.257 e. The van der Waals surface area contributed by atoms with E-state index >= 15 is 0 Å². The van der Waals surface area contributed by atoms with E-state index in [1.165, 1.54) is 0 Å². The minimum atomic E-state index is -0.136. The molecular formula is C14H22N2O3. The predicted molar refractivity (Wildman–Crippen MR) is 74.4 cm³/mol. The molecule has 0 atom stereocenters. The minimum absolute atomic E-state index is 0.00723. The second-order valence-corrected chi connectivity index (χ2v) is 4.01. The maximum absolute atomic E-state index is 11.5. The largest absolute Gasteiger partial charge is 0.490 e. The second-order valence-electron chi connectivity index (χ2n) is 4.01. The Morgan fingerprint density at radius 3 is 2.53 bits per heavy atom. The molecule has 0 aliphatic rings. The lowest BCUT2D eigenvalue weighted by Crippen LogP contribution is -2.30. The number of nitrogens with one attached hydrogen (secondary N) is 1. The number of hydrogen-bond donors (Lipinski definition) is 2. The van der Waals surface area contributed by atoms with Gasteiger partial charge in [0.05, 0.1) is 6.61 Å². The number of carbonyl (C=O) groups is 1. The zero-order valence-corrected chi connectivity index (χ0v) is 11.4. The summed E-state index contributed by atoms with van der Waals surface area (Å²) in [6.07, 6.45) is 1.80. The summed E-state index contributed by atoms with van der Waals surface area (Å²) < 4.78 is 10.9. The average Bonchev–Trinajstić information content (AvgIpc) is 2.43. The molecule has 106 valence electrons. The van der Waals surface area contributed by atoms with E-state index in [9.17, 15) is 4.79 Å². The lowest BCUT2D eigenvalue weighted by atomic mass is 10.3. The fraction of sp³-hybridized carbons (Fsp3) is 0.500. The van der Waals surface area contributed by atoms with E-state index in [-0.39, 0.29) is 12.5 Å². The van der Waals surface area contributed by atoms with Crippen molar-refractivity contribution < 1.29 is 14.3 Å². The van der Waals surface area contributed by atoms with Gasteiger partial charge in [-0.2, -0.15) is 0 Å². The van der Waals surface area contributed by atoms with Crippen LogP contribution in [0.25, 0.3) is 0 Å². The van der Waals surface area contributed by atoms with Crippen molar-refractivity contribution in [1.29, 1.82) is 0 Å². The van der Waals surface area contributed by atoms with E-state index in [1.54, 1.807) is 6.07 Å². The summed E-state index contributed by atoms with van der Waals surface area (Å²) in [5.74, 6) is 1.10. The molecule has 0 aliphatic heterocycles. The Kier molecular flexibility index (Phi) is 7.43. The van der Waals surface area contributed by atoms with Crippen LogP contribution in [0.4, 0.5) is 0 Å². The highest BCUT2D eigenvalue weighted by molar-refractivity contribution is 5.77. The third-order valence-electron chi connectivity index (χ3n) is 2.46. The molecule has 0 saturated heterocycles. The summed E-state index contributed by atoms with van der Waals surface area (Å²) in [7, 11) is 0. The fourth-order valence-electron chi connectivity index (χ4n) is 1.54. The number of rotatable bonds is 9. The van der Waals surface area contributed by atoms with Crippen molar-refractivity contribution in [3.05, 3.63) is 24.3 Å². The molecule has 0 unspecified atom stereocenters. The van der Waals surface area contributed by atoms with E-state index in [2.05, 4.69) is 5.32 Å². The van der Waals surface area contributed by atoms with Crippen LogP contribution in [0.3, 0.4) is 0 Å². The van der Waals surface area contributed by atoms with Crippen LogP contribution in [0.2, 0.25) is 0 Å². The van der Waals surface area contributed by atoms with Crippen molar-refractivity contribution in [2.75, 3.05) is 26.3 Å². The lowest BCUT2D eigenvalue weighted by Gasteiger charge is -2.11. The maximum atomic E-state index is 11.5. The highest BCUT2D eigenvalue weighted by Crippen LogP contribution is 2.26. The molecule has 3 N–H and O–H groups in total. The van der Waals surface area contributed by atoms with Crippen LogP contribution in [-0.4, -0.2) is 32.2 Å². The minimum Gasteiger partial charge on any atom is -0.490 e. The van der Waals surface area contributed by atoms with Crippen molar-refractivity contribution in [2.24, 2.45) is 5.73 Å². The van der Waals surface area contributed by atoms with Gasteiger partial charge in [-0.1, -0.05) is 12.1 Å². The summed E-state index contributed by atoms with van der Waals surface area (Å²) in [6, 6.07) is 7.31. The summed E-state index contributed by atoms with van der Waals surface area (Å²) in [5, 5.41) is 2.78. The quantitative estimate of drug-likeness (QED) is 0.661. The van der Waals surface area contributed by atoms with Gasteiger partial charge in [0.2, 0.25) is 0 Å². The zero-order valence-electron chi connectivity index (χ0n) is 11.4. The van der Waals surface area contributed by atoms with Gasteiger partial charge >= 0.3 is 0 Å². The third kappa shape index (κ3) is 6.10. The molecule has 1 amide bonds. The van der Waals surface area contributed by atoms with E-state index in [4.69, 9.17) is 15.2 Å². The molecule has 1 rings (SSSR count). The van der Waals surface area contributed by atoms with Crippen molar-refractivity contribution in [2.45, 2.75) is 19.8 Å². The van der Waals surface area contributed by atoms with Gasteiger partial charge in [-0.05, 0) is 38.4 Å². The molecule has 0 saturated carbocycles. The predicted octanol–water partition coefficient (Wildman–Crippen LogP) is 1.32. The van der Waals surface area contributed by atoms with Crippen molar-refractivity contribution >= 4 is 5.91 Å². The number of benzene rings is 1. The van der Waals surface area contributed by atoms with Gasteiger partial charge in [-0.15, -0.1) is 0 Å². The first-order chi connectivity index (χ1) is 9.27. The number of nitrogens with two attached hydrogens (primary N) is 1. The molecule has 5 heteroatoms. The molecule has 1 aromatic rings. The molecule has 0 spiro atoms. The Morgan fingerprint density at radius 2 is 1.89 bits per heavy atom. The molecule has 0 radical (unpaired) electrons. The van der Waals surface area contributed by atoms with Gasteiger partial charge in [0.1, 0.15) is 0 Å². The summed E-state index contributed by atoms with van der Waals surface area (Å²) in [6.45, 7) is 3.74. The molecule has 0 aliphatic carbocycles. The van der Waals surface area contributed by atoms with Crippen LogP contribution in [0.5, 0.6) is 11.5 Å². The average molecular weight is 266 g/mol. The summed E-state index contributed by atoms with van der Waals surface area (Å²) in [5.41, 5.74) is 5.37. The summed E-state index contributed by atoms with van der Waals surface area (Å²) >= 11 is 0. The topological polar surface area (TPSA) is 73.6 Å². The van der Waals surface area contributed by atoms with Crippen LogP contribution < -0.4 is 20.5 Å². The molecule has 0 fully saturated rings. The number of amides is 1. The molecule has 0 heterocycles. The van der Waals surface area contributed by atoms with E-state index in [1.807, 2.05) is 25.1 Å². The van der Waals surface area contributed by atoms with Gasteiger partial charge in [-0.3, -0.25) is 4.79 Å². The van der Waals surface area contributed by atoms with E-state index in [0.717, 1.165) is 12.8 Å². The number of carbonyl (C=O) groups excluding carboxylic acids is 1. The third-order valence-corrected chi connectivity index (χ3v) is 2.46. The van der Waals surface area contributed by atoms with Crippen LogP contribution in [-0.2, 0) is 4.79 Å². The second kappa shape index (κ2) is 9.22. The van der Waals surface area contributed by atoms with Gasteiger partial charge < -0.3 is 20.5 Å². The lowest BCUT2D eigenvalue weighted by molar-refractivity contribution is -0.123. The molecule has 0 bridgehead atoms. The smallest absolute Gasteiger partial charge is 0.257 e. The number of hydrogen-bond acceptors (Lipinski definition) is 4. The highest BCUT2D eigenvalue weighted by Gasteiger charge is 2.06. The highest BCUT2D eigenvalue weighted by atomic mass is 16.5. The van der Waals surface area contributed by atoms with Crippen molar-refractivity contribution in [3.63, 3.8) is 0 Å². The first-order valence-corrected chi connectivity index (χ1v) is 6.59. The Bertz CT molecular complexity index is 383. The number of ether oxygens (including phenoxy) is 2. The van der Waals surface area contributed by atoms with E-state index < -0.39 is 0 Å². The van der Waals surface area contributed by atoms with Crippen LogP contribution in [0.1, 0.15) is 19.8 Å². The Balaban J connectivity index is 2.33. The van der Waals surface area contributed by atoms with Gasteiger partial charge in [-0.25, -0.2) is 0 Å². The monoisotopic (exact) mass is 266 g/mol. The zero-order chi connectivity index (χ0) is 13.9. The molecule has 0 aromatic heterocycles. The molecule has 5 nitrogen and oxygen atoms in total. The Hall–Kier alpha value is -1.75. The van der Waals surface area contributed by atoms with Crippen LogP contribution in [0.15, 0.2) is 24.3 Å². The SMILES string of the molecule is CCOc1ccccc1OCC(=O)NCCCCN. The molecule has 1 aromatic carbocycles. The van der Waals surface area contributed by atoms with Crippen LogP contribution >= 0.6 is 0 Å². The molecular weight excluding hydrogens is 244 g/mol. The van der Waals surface area contributed by atoms with E-state index in [0.29, 0.717) is 31.2 Å². The van der Waals surface area contributed by atoms with Crippen molar-refractivity contribution in [1.82, 2.24) is 5.32 Å². The van der Waals surface area contributed by atoms with Crippen LogP contribution in [0, 0.1) is 0 Å². The Labute approximate surface area is 114 Å². The first kappa shape index (κ1) is 15.3. The Morgan fingerprint density at radius 1 is 1.21 bits per heavy atom. The fourth-order valence-corrected chi connectivity index (χ4v) is 1.54. The van der Waals surface area contributed by atoms with Gasteiger partial charge in [0.25, 0.3) is 5.91 Å². The normalized spacial score (nSPS) is 10.0. The van der Waals surface area contributed by atoms with Gasteiger partial charge in [0.15, 0.2) is 18.1 Å². The van der Waals surface area contributed by atoms with Crippen molar-refractivity contribution in [3.8, 4) is 11.5 Å². The number of para-hydroxylation sites is 2. The van der Waals surface area contributed by atoms with Gasteiger partial charge in [0, 0.05) is 6.54 Å². The molecule has 19 heavy (non-hydrogen) atoms. The first-order valence-electron chi connectivity index (χ1n) is 6.59. The number of unbranched alkanes of at least 4 members (excludes halogenated alkanes) is 1.